The molecule has 0 fully saturated rings. The molecular formula is C27H29N5O2. The van der Waals surface area contributed by atoms with Crippen LogP contribution in [-0.2, 0) is 6.42 Å². The molecule has 0 bridgehead atoms. The van der Waals surface area contributed by atoms with Gasteiger partial charge in [-0.05, 0) is 49.2 Å². The number of rotatable bonds is 9. The highest BCUT2D eigenvalue weighted by molar-refractivity contribution is 5.94. The van der Waals surface area contributed by atoms with E-state index in [1.54, 1.807) is 40.0 Å². The van der Waals surface area contributed by atoms with Gasteiger partial charge in [-0.15, -0.1) is 0 Å². The van der Waals surface area contributed by atoms with Crippen molar-refractivity contribution in [1.82, 2.24) is 19.3 Å². The van der Waals surface area contributed by atoms with Gasteiger partial charge in [0.25, 0.3) is 11.5 Å². The highest BCUT2D eigenvalue weighted by atomic mass is 16.2. The monoisotopic (exact) mass is 455 g/mol. The molecule has 7 nitrogen and oxygen atoms in total. The van der Waals surface area contributed by atoms with Gasteiger partial charge >= 0.3 is 0 Å². The number of aromatic nitrogens is 3. The third-order valence-electron chi connectivity index (χ3n) is 5.95. The Labute approximate surface area is 198 Å². The minimum absolute atomic E-state index is 0.113. The van der Waals surface area contributed by atoms with E-state index < -0.39 is 0 Å². The molecule has 0 aliphatic rings. The van der Waals surface area contributed by atoms with Gasteiger partial charge in [-0.2, -0.15) is 0 Å². The molecule has 1 unspecified atom stereocenters. The summed E-state index contributed by atoms with van der Waals surface area (Å²) in [6, 6.07) is 18.4. The van der Waals surface area contributed by atoms with Crippen molar-refractivity contribution in [2.75, 3.05) is 13.1 Å². The third kappa shape index (κ3) is 4.89. The second kappa shape index (κ2) is 10.9. The van der Waals surface area contributed by atoms with Crippen molar-refractivity contribution in [2.24, 2.45) is 5.73 Å². The maximum atomic E-state index is 13.6. The van der Waals surface area contributed by atoms with E-state index >= 15 is 0 Å². The van der Waals surface area contributed by atoms with Gasteiger partial charge < -0.3 is 10.6 Å². The summed E-state index contributed by atoms with van der Waals surface area (Å²) in [7, 11) is 0. The molecule has 2 N–H and O–H groups in total. The fraction of sp³-hybridized carbons (Fsp3) is 0.259. The maximum Gasteiger partial charge on any atom is 0.261 e. The largest absolute Gasteiger partial charge is 0.330 e. The Morgan fingerprint density at radius 3 is 2.50 bits per heavy atom. The van der Waals surface area contributed by atoms with Crippen molar-refractivity contribution >= 4 is 11.6 Å². The summed E-state index contributed by atoms with van der Waals surface area (Å²) in [5.74, 6) is -0.122. The molecule has 1 aromatic carbocycles. The zero-order chi connectivity index (χ0) is 23.9. The summed E-state index contributed by atoms with van der Waals surface area (Å²) in [4.78, 5) is 38.0. The molecule has 3 aromatic heterocycles. The molecule has 1 amide bonds. The van der Waals surface area contributed by atoms with Crippen molar-refractivity contribution in [1.29, 1.82) is 0 Å². The van der Waals surface area contributed by atoms with E-state index in [4.69, 9.17) is 10.7 Å². The predicted octanol–water partition coefficient (Wildman–Crippen LogP) is 3.62. The van der Waals surface area contributed by atoms with Crippen LogP contribution in [0.3, 0.4) is 0 Å². The normalized spacial score (nSPS) is 11.9. The van der Waals surface area contributed by atoms with Crippen molar-refractivity contribution in [3.05, 3.63) is 112 Å². The fourth-order valence-corrected chi connectivity index (χ4v) is 4.27. The number of carbonyl (C=O) groups excluding carboxylic acids is 1. The van der Waals surface area contributed by atoms with E-state index in [0.717, 1.165) is 5.56 Å². The van der Waals surface area contributed by atoms with Gasteiger partial charge in [-0.3, -0.25) is 19.0 Å². The molecule has 0 saturated heterocycles. The lowest BCUT2D eigenvalue weighted by Crippen LogP contribution is -2.38. The van der Waals surface area contributed by atoms with E-state index in [-0.39, 0.29) is 17.5 Å². The summed E-state index contributed by atoms with van der Waals surface area (Å²) in [5.41, 5.74) is 9.06. The van der Waals surface area contributed by atoms with Gasteiger partial charge in [0.15, 0.2) is 0 Å². The van der Waals surface area contributed by atoms with Crippen LogP contribution in [0.1, 0.15) is 53.0 Å². The highest BCUT2D eigenvalue weighted by Gasteiger charge is 2.29. The first-order chi connectivity index (χ1) is 16.6. The van der Waals surface area contributed by atoms with Crippen LogP contribution < -0.4 is 11.3 Å². The lowest BCUT2D eigenvalue weighted by Gasteiger charge is -2.32. The molecule has 0 spiro atoms. The summed E-state index contributed by atoms with van der Waals surface area (Å²) in [5, 5.41) is 0. The van der Waals surface area contributed by atoms with Crippen molar-refractivity contribution < 1.29 is 4.79 Å². The first kappa shape index (κ1) is 23.3. The first-order valence-corrected chi connectivity index (χ1v) is 11.6. The van der Waals surface area contributed by atoms with Crippen LogP contribution in [0.15, 0.2) is 84.0 Å². The summed E-state index contributed by atoms with van der Waals surface area (Å²) in [6.45, 7) is 2.94. The molecule has 0 aliphatic carbocycles. The Morgan fingerprint density at radius 1 is 1.06 bits per heavy atom. The molecule has 3 heterocycles. The average molecular weight is 456 g/mol. The van der Waals surface area contributed by atoms with Gasteiger partial charge in [0.1, 0.15) is 5.65 Å². The predicted molar refractivity (Wildman–Crippen MR) is 133 cm³/mol. The number of hydrogen-bond acceptors (Lipinski definition) is 5. The zero-order valence-electron chi connectivity index (χ0n) is 19.3. The standard InChI is InChI=1S/C27H29N5O2/c1-2-23(31(18-8-14-28)26(33)21-12-15-29-16-13-21)25-22(19-20-9-4-3-5-10-20)27(34)32-17-7-6-11-24(32)30-25/h3-7,9-13,15-17,23H,2,8,14,18-19,28H2,1H3. The average Bonchev–Trinajstić information content (AvgIpc) is 2.89. The number of amides is 1. The van der Waals surface area contributed by atoms with Crippen molar-refractivity contribution in [2.45, 2.75) is 32.2 Å². The molecule has 0 radical (unpaired) electrons. The summed E-state index contributed by atoms with van der Waals surface area (Å²) in [6.07, 6.45) is 6.64. The van der Waals surface area contributed by atoms with E-state index in [0.29, 0.717) is 54.8 Å². The minimum Gasteiger partial charge on any atom is -0.330 e. The van der Waals surface area contributed by atoms with Gasteiger partial charge in [-0.25, -0.2) is 4.98 Å². The van der Waals surface area contributed by atoms with Crippen LogP contribution >= 0.6 is 0 Å². The quantitative estimate of drug-likeness (QED) is 0.416. The van der Waals surface area contributed by atoms with E-state index in [1.165, 1.54) is 0 Å². The van der Waals surface area contributed by atoms with Crippen LogP contribution in [-0.4, -0.2) is 38.3 Å². The number of fused-ring (bicyclic) bond motifs is 1. The lowest BCUT2D eigenvalue weighted by atomic mass is 9.97. The smallest absolute Gasteiger partial charge is 0.261 e. The van der Waals surface area contributed by atoms with Gasteiger partial charge in [0, 0.05) is 42.7 Å². The molecule has 1 atom stereocenters. The highest BCUT2D eigenvalue weighted by Crippen LogP contribution is 2.28. The number of hydrogen-bond donors (Lipinski definition) is 1. The Kier molecular flexibility index (Phi) is 7.44. The Hall–Kier alpha value is -3.84. The Morgan fingerprint density at radius 2 is 1.79 bits per heavy atom. The SMILES string of the molecule is CCC(c1nc2ccccn2c(=O)c1Cc1ccccc1)N(CCCN)C(=O)c1ccncc1. The number of pyridine rings is 2. The molecule has 0 aliphatic heterocycles. The summed E-state index contributed by atoms with van der Waals surface area (Å²) >= 11 is 0. The molecule has 0 saturated carbocycles. The molecule has 4 rings (SSSR count). The third-order valence-corrected chi connectivity index (χ3v) is 5.95. The van der Waals surface area contributed by atoms with Gasteiger partial charge in [0.05, 0.1) is 11.7 Å². The minimum atomic E-state index is -0.371. The van der Waals surface area contributed by atoms with E-state index in [9.17, 15) is 9.59 Å². The van der Waals surface area contributed by atoms with E-state index in [1.807, 2.05) is 55.5 Å². The van der Waals surface area contributed by atoms with E-state index in [2.05, 4.69) is 4.98 Å². The number of carbonyl (C=O) groups is 1. The molecule has 4 aromatic rings. The zero-order valence-corrected chi connectivity index (χ0v) is 19.3. The van der Waals surface area contributed by atoms with Crippen LogP contribution in [0.2, 0.25) is 0 Å². The molecule has 174 valence electrons. The number of nitrogens with two attached hydrogens (primary N) is 1. The Bertz CT molecular complexity index is 1310. The van der Waals surface area contributed by atoms with Crippen LogP contribution in [0, 0.1) is 0 Å². The van der Waals surface area contributed by atoms with Gasteiger partial charge in [-0.1, -0.05) is 43.3 Å². The number of nitrogens with zero attached hydrogens (tertiary/aromatic N) is 4. The summed E-state index contributed by atoms with van der Waals surface area (Å²) < 4.78 is 1.57. The maximum absolute atomic E-state index is 13.6. The Balaban J connectivity index is 1.87. The van der Waals surface area contributed by atoms with Crippen LogP contribution in [0.25, 0.3) is 5.65 Å². The van der Waals surface area contributed by atoms with Crippen molar-refractivity contribution in [3.8, 4) is 0 Å². The van der Waals surface area contributed by atoms with Gasteiger partial charge in [0.2, 0.25) is 0 Å². The first-order valence-electron chi connectivity index (χ1n) is 11.6. The topological polar surface area (TPSA) is 93.6 Å². The molecule has 34 heavy (non-hydrogen) atoms. The lowest BCUT2D eigenvalue weighted by molar-refractivity contribution is 0.0664. The second-order valence-electron chi connectivity index (χ2n) is 8.17. The van der Waals surface area contributed by atoms with Crippen molar-refractivity contribution in [3.63, 3.8) is 0 Å². The molecular weight excluding hydrogens is 426 g/mol. The molecule has 7 heteroatoms. The van der Waals surface area contributed by atoms with Crippen LogP contribution in [0.5, 0.6) is 0 Å². The second-order valence-corrected chi connectivity index (χ2v) is 8.17. The fourth-order valence-electron chi connectivity index (χ4n) is 4.27. The number of benzene rings is 1. The van der Waals surface area contributed by atoms with Crippen LogP contribution in [0.4, 0.5) is 0 Å².